The molecule has 7 heteroatoms. The SMILES string of the molecule is O=C(O)CCC(=NO)c1ccc(-c2cnc(Cl)s2)cc1. The Balaban J connectivity index is 2.16. The van der Waals surface area contributed by atoms with Crippen LogP contribution in [0.3, 0.4) is 0 Å². The van der Waals surface area contributed by atoms with E-state index in [4.69, 9.17) is 21.9 Å². The normalized spacial score (nSPS) is 11.6. The summed E-state index contributed by atoms with van der Waals surface area (Å²) < 4.78 is 0.475. The molecule has 2 aromatic rings. The summed E-state index contributed by atoms with van der Waals surface area (Å²) in [4.78, 5) is 15.4. The molecular weight excluding hydrogens is 300 g/mol. The van der Waals surface area contributed by atoms with E-state index < -0.39 is 5.97 Å². The lowest BCUT2D eigenvalue weighted by atomic mass is 10.0. The molecule has 2 N–H and O–H groups in total. The Morgan fingerprint density at radius 1 is 1.30 bits per heavy atom. The average molecular weight is 311 g/mol. The smallest absolute Gasteiger partial charge is 0.303 e. The molecule has 104 valence electrons. The molecule has 1 aromatic carbocycles. The van der Waals surface area contributed by atoms with Gasteiger partial charge in [0.2, 0.25) is 0 Å². The van der Waals surface area contributed by atoms with E-state index in [9.17, 15) is 4.79 Å². The van der Waals surface area contributed by atoms with Crippen LogP contribution in [-0.4, -0.2) is 27.0 Å². The van der Waals surface area contributed by atoms with E-state index in [1.807, 2.05) is 12.1 Å². The monoisotopic (exact) mass is 310 g/mol. The number of benzene rings is 1. The number of carboxylic acid groups (broad SMARTS) is 1. The maximum absolute atomic E-state index is 10.5. The van der Waals surface area contributed by atoms with Crippen molar-refractivity contribution in [2.45, 2.75) is 12.8 Å². The highest BCUT2D eigenvalue weighted by atomic mass is 35.5. The van der Waals surface area contributed by atoms with Crippen molar-refractivity contribution in [1.82, 2.24) is 4.98 Å². The fourth-order valence-corrected chi connectivity index (χ4v) is 2.63. The predicted octanol–water partition coefficient (Wildman–Crippen LogP) is 3.51. The molecule has 0 saturated heterocycles. The first-order valence-corrected chi connectivity index (χ1v) is 6.94. The van der Waals surface area contributed by atoms with Crippen molar-refractivity contribution in [3.05, 3.63) is 40.5 Å². The van der Waals surface area contributed by atoms with Gasteiger partial charge >= 0.3 is 5.97 Å². The lowest BCUT2D eigenvalue weighted by Gasteiger charge is -2.04. The molecule has 0 saturated carbocycles. The Labute approximate surface area is 124 Å². The average Bonchev–Trinajstić information content (AvgIpc) is 2.86. The fourth-order valence-electron chi connectivity index (χ4n) is 1.69. The van der Waals surface area contributed by atoms with E-state index in [0.29, 0.717) is 15.7 Å². The summed E-state index contributed by atoms with van der Waals surface area (Å²) >= 11 is 7.16. The second kappa shape index (κ2) is 6.49. The van der Waals surface area contributed by atoms with E-state index in [1.165, 1.54) is 11.3 Å². The standard InChI is InChI=1S/C13H11ClN2O3S/c14-13-15-7-11(20-13)9-3-1-8(2-4-9)10(16-19)5-6-12(17)18/h1-4,7,19H,5-6H2,(H,17,18). The van der Waals surface area contributed by atoms with E-state index >= 15 is 0 Å². The van der Waals surface area contributed by atoms with E-state index in [1.54, 1.807) is 18.3 Å². The van der Waals surface area contributed by atoms with Crippen LogP contribution in [0.1, 0.15) is 18.4 Å². The van der Waals surface area contributed by atoms with Crippen LogP contribution in [0.5, 0.6) is 0 Å². The Morgan fingerprint density at radius 3 is 2.50 bits per heavy atom. The second-order valence-electron chi connectivity index (χ2n) is 4.00. The molecular formula is C13H11ClN2O3S. The second-order valence-corrected chi connectivity index (χ2v) is 5.61. The molecule has 1 aromatic heterocycles. The first-order valence-electron chi connectivity index (χ1n) is 5.75. The molecule has 0 unspecified atom stereocenters. The quantitative estimate of drug-likeness (QED) is 0.503. The largest absolute Gasteiger partial charge is 0.481 e. The number of oxime groups is 1. The molecule has 0 aliphatic heterocycles. The molecule has 1 heterocycles. The Kier molecular flexibility index (Phi) is 4.70. The zero-order valence-corrected chi connectivity index (χ0v) is 11.9. The summed E-state index contributed by atoms with van der Waals surface area (Å²) in [6.07, 6.45) is 1.79. The van der Waals surface area contributed by atoms with Gasteiger partial charge in [-0.15, -0.1) is 11.3 Å². The topological polar surface area (TPSA) is 82.8 Å². The summed E-state index contributed by atoms with van der Waals surface area (Å²) in [6, 6.07) is 7.26. The molecule has 0 fully saturated rings. The van der Waals surface area contributed by atoms with Gasteiger partial charge in [-0.2, -0.15) is 0 Å². The highest BCUT2D eigenvalue weighted by molar-refractivity contribution is 7.18. The van der Waals surface area contributed by atoms with Crippen LogP contribution >= 0.6 is 22.9 Å². The van der Waals surface area contributed by atoms with Crippen LogP contribution in [-0.2, 0) is 4.79 Å². The lowest BCUT2D eigenvalue weighted by Crippen LogP contribution is -2.05. The molecule has 2 rings (SSSR count). The third-order valence-corrected chi connectivity index (χ3v) is 3.84. The number of carboxylic acids is 1. The number of nitrogens with zero attached hydrogens (tertiary/aromatic N) is 2. The van der Waals surface area contributed by atoms with Crippen molar-refractivity contribution in [3.63, 3.8) is 0 Å². The van der Waals surface area contributed by atoms with Gasteiger partial charge in [-0.3, -0.25) is 4.79 Å². The predicted molar refractivity (Wildman–Crippen MR) is 77.8 cm³/mol. The Bertz CT molecular complexity index is 637. The summed E-state index contributed by atoms with van der Waals surface area (Å²) in [7, 11) is 0. The van der Waals surface area contributed by atoms with Crippen molar-refractivity contribution < 1.29 is 15.1 Å². The van der Waals surface area contributed by atoms with Crippen LogP contribution in [0.15, 0.2) is 35.6 Å². The minimum Gasteiger partial charge on any atom is -0.481 e. The number of aromatic nitrogens is 1. The van der Waals surface area contributed by atoms with Gasteiger partial charge in [-0.05, 0) is 11.1 Å². The van der Waals surface area contributed by atoms with Crippen LogP contribution < -0.4 is 0 Å². The number of thiazole rings is 1. The van der Waals surface area contributed by atoms with E-state index in [2.05, 4.69) is 10.1 Å². The minimum absolute atomic E-state index is 0.0778. The first-order chi connectivity index (χ1) is 9.60. The number of hydrogen-bond acceptors (Lipinski definition) is 5. The molecule has 5 nitrogen and oxygen atoms in total. The number of rotatable bonds is 5. The molecule has 0 aliphatic carbocycles. The zero-order valence-electron chi connectivity index (χ0n) is 10.3. The van der Waals surface area contributed by atoms with E-state index in [0.717, 1.165) is 10.4 Å². The van der Waals surface area contributed by atoms with Crippen molar-refractivity contribution in [2.24, 2.45) is 5.16 Å². The van der Waals surface area contributed by atoms with Gasteiger partial charge in [0.05, 0.1) is 17.0 Å². The van der Waals surface area contributed by atoms with E-state index in [-0.39, 0.29) is 12.8 Å². The maximum atomic E-state index is 10.5. The minimum atomic E-state index is -0.929. The molecule has 0 bridgehead atoms. The van der Waals surface area contributed by atoms with Crippen LogP contribution in [0.4, 0.5) is 0 Å². The van der Waals surface area contributed by atoms with Gasteiger partial charge in [0.15, 0.2) is 4.47 Å². The molecule has 0 aliphatic rings. The van der Waals surface area contributed by atoms with Gasteiger partial charge in [0.25, 0.3) is 0 Å². The van der Waals surface area contributed by atoms with Gasteiger partial charge in [-0.1, -0.05) is 41.0 Å². The van der Waals surface area contributed by atoms with Crippen LogP contribution in [0.25, 0.3) is 10.4 Å². The molecule has 20 heavy (non-hydrogen) atoms. The van der Waals surface area contributed by atoms with Crippen molar-refractivity contribution >= 4 is 34.6 Å². The van der Waals surface area contributed by atoms with Gasteiger partial charge in [-0.25, -0.2) is 4.98 Å². The lowest BCUT2D eigenvalue weighted by molar-refractivity contribution is -0.136. The van der Waals surface area contributed by atoms with Gasteiger partial charge in [0.1, 0.15) is 0 Å². The highest BCUT2D eigenvalue weighted by Gasteiger charge is 2.09. The molecule has 0 amide bonds. The molecule has 0 radical (unpaired) electrons. The first kappa shape index (κ1) is 14.5. The fraction of sp³-hybridized carbons (Fsp3) is 0.154. The Morgan fingerprint density at radius 2 is 2.00 bits per heavy atom. The third-order valence-electron chi connectivity index (χ3n) is 2.68. The van der Waals surface area contributed by atoms with Gasteiger partial charge in [0, 0.05) is 12.6 Å². The van der Waals surface area contributed by atoms with Crippen LogP contribution in [0, 0.1) is 0 Å². The maximum Gasteiger partial charge on any atom is 0.303 e. The number of carbonyl (C=O) groups is 1. The van der Waals surface area contributed by atoms with Gasteiger partial charge < -0.3 is 10.3 Å². The van der Waals surface area contributed by atoms with Crippen molar-refractivity contribution in [2.75, 3.05) is 0 Å². The van der Waals surface area contributed by atoms with Crippen molar-refractivity contribution in [3.8, 4) is 10.4 Å². The summed E-state index contributed by atoms with van der Waals surface area (Å²) in [5.41, 5.74) is 1.99. The molecule has 0 spiro atoms. The summed E-state index contributed by atoms with van der Waals surface area (Å²) in [5.74, 6) is -0.929. The summed E-state index contributed by atoms with van der Waals surface area (Å²) in [6.45, 7) is 0. The highest BCUT2D eigenvalue weighted by Crippen LogP contribution is 2.28. The number of hydrogen-bond donors (Lipinski definition) is 2. The third kappa shape index (κ3) is 3.55. The number of aliphatic carboxylic acids is 1. The zero-order chi connectivity index (χ0) is 14.5. The van der Waals surface area contributed by atoms with Crippen LogP contribution in [0.2, 0.25) is 4.47 Å². The van der Waals surface area contributed by atoms with Crippen molar-refractivity contribution in [1.29, 1.82) is 0 Å². The Hall–Kier alpha value is -1.92. The summed E-state index contributed by atoms with van der Waals surface area (Å²) in [5, 5.41) is 20.8. The molecule has 0 atom stereocenters. The number of halogens is 1.